The summed E-state index contributed by atoms with van der Waals surface area (Å²) in [5.74, 6) is 0.715. The van der Waals surface area contributed by atoms with E-state index >= 15 is 0 Å². The number of rotatable bonds is 4. The first kappa shape index (κ1) is 16.4. The predicted molar refractivity (Wildman–Crippen MR) is 97.8 cm³/mol. The highest BCUT2D eigenvalue weighted by atomic mass is 16.5. The van der Waals surface area contributed by atoms with Crippen molar-refractivity contribution in [3.63, 3.8) is 0 Å². The largest absolute Gasteiger partial charge is 0.378 e. The van der Waals surface area contributed by atoms with E-state index in [0.717, 1.165) is 36.0 Å². The Morgan fingerprint density at radius 2 is 2.16 bits per heavy atom. The zero-order valence-corrected chi connectivity index (χ0v) is 14.9. The average Bonchev–Trinajstić information content (AvgIpc) is 3.34. The van der Waals surface area contributed by atoms with Crippen molar-refractivity contribution in [2.45, 2.75) is 57.7 Å². The van der Waals surface area contributed by atoms with Gasteiger partial charge in [-0.05, 0) is 63.6 Å². The molecule has 2 aromatic rings. The number of fused-ring (bicyclic) bond motifs is 1. The third-order valence-electron chi connectivity index (χ3n) is 5.11. The van der Waals surface area contributed by atoms with Crippen molar-refractivity contribution in [1.82, 2.24) is 15.1 Å². The van der Waals surface area contributed by atoms with Crippen LogP contribution in [0.5, 0.6) is 0 Å². The first-order valence-electron chi connectivity index (χ1n) is 9.26. The summed E-state index contributed by atoms with van der Waals surface area (Å²) in [7, 11) is 0. The molecule has 1 saturated carbocycles. The van der Waals surface area contributed by atoms with Gasteiger partial charge in [0.15, 0.2) is 0 Å². The number of anilines is 1. The Labute approximate surface area is 147 Å². The lowest BCUT2D eigenvalue weighted by Crippen LogP contribution is -2.44. The van der Waals surface area contributed by atoms with Crippen LogP contribution in [-0.4, -0.2) is 34.6 Å². The van der Waals surface area contributed by atoms with Gasteiger partial charge in [0.1, 0.15) is 0 Å². The molecular weight excluding hydrogens is 316 g/mol. The number of nitrogens with one attached hydrogen (secondary N) is 2. The summed E-state index contributed by atoms with van der Waals surface area (Å²) in [4.78, 5) is 12.3. The molecule has 4 rings (SSSR count). The molecule has 1 saturated heterocycles. The molecule has 2 aliphatic rings. The van der Waals surface area contributed by atoms with E-state index in [-0.39, 0.29) is 12.1 Å². The minimum absolute atomic E-state index is 0.142. The SMILES string of the molecule is CC(C)n1cc2cc(NC(=O)NC3CCOC(C4CC4)C3)ccc2n1. The summed E-state index contributed by atoms with van der Waals surface area (Å²) >= 11 is 0. The molecule has 1 aromatic carbocycles. The van der Waals surface area contributed by atoms with Crippen LogP contribution in [0.15, 0.2) is 24.4 Å². The van der Waals surface area contributed by atoms with E-state index in [1.807, 2.05) is 29.1 Å². The third-order valence-corrected chi connectivity index (χ3v) is 5.11. The second-order valence-corrected chi connectivity index (χ2v) is 7.54. The van der Waals surface area contributed by atoms with E-state index in [4.69, 9.17) is 4.74 Å². The van der Waals surface area contributed by atoms with Gasteiger partial charge in [0.25, 0.3) is 0 Å². The number of hydrogen-bond donors (Lipinski definition) is 2. The number of nitrogens with zero attached hydrogens (tertiary/aromatic N) is 2. The van der Waals surface area contributed by atoms with Crippen molar-refractivity contribution >= 4 is 22.6 Å². The smallest absolute Gasteiger partial charge is 0.319 e. The van der Waals surface area contributed by atoms with Crippen LogP contribution in [0.4, 0.5) is 10.5 Å². The van der Waals surface area contributed by atoms with Gasteiger partial charge in [-0.25, -0.2) is 4.79 Å². The molecule has 6 heteroatoms. The monoisotopic (exact) mass is 342 g/mol. The van der Waals surface area contributed by atoms with Gasteiger partial charge < -0.3 is 15.4 Å². The van der Waals surface area contributed by atoms with Gasteiger partial charge in [-0.15, -0.1) is 0 Å². The summed E-state index contributed by atoms with van der Waals surface area (Å²) in [6, 6.07) is 6.19. The minimum Gasteiger partial charge on any atom is -0.378 e. The van der Waals surface area contributed by atoms with E-state index in [1.54, 1.807) is 0 Å². The number of carbonyl (C=O) groups excluding carboxylic acids is 1. The van der Waals surface area contributed by atoms with Gasteiger partial charge in [0.05, 0.1) is 11.6 Å². The van der Waals surface area contributed by atoms with Gasteiger partial charge in [0, 0.05) is 36.0 Å². The molecule has 1 aliphatic heterocycles. The van der Waals surface area contributed by atoms with Gasteiger partial charge in [-0.2, -0.15) is 5.10 Å². The number of aromatic nitrogens is 2. The normalized spacial score (nSPS) is 23.8. The fourth-order valence-corrected chi connectivity index (χ4v) is 3.50. The molecule has 2 amide bonds. The highest BCUT2D eigenvalue weighted by Gasteiger charge is 2.36. The van der Waals surface area contributed by atoms with E-state index in [0.29, 0.717) is 18.1 Å². The summed E-state index contributed by atoms with van der Waals surface area (Å²) in [5, 5.41) is 11.6. The van der Waals surface area contributed by atoms with Gasteiger partial charge in [0.2, 0.25) is 0 Å². The highest BCUT2D eigenvalue weighted by molar-refractivity contribution is 5.92. The lowest BCUT2D eigenvalue weighted by molar-refractivity contribution is -0.00889. The molecule has 2 atom stereocenters. The van der Waals surface area contributed by atoms with Gasteiger partial charge in [-0.3, -0.25) is 4.68 Å². The summed E-state index contributed by atoms with van der Waals surface area (Å²) in [5.41, 5.74) is 1.73. The molecule has 1 aromatic heterocycles. The Morgan fingerprint density at radius 3 is 2.92 bits per heavy atom. The highest BCUT2D eigenvalue weighted by Crippen LogP contribution is 2.38. The van der Waals surface area contributed by atoms with Crippen LogP contribution in [0, 0.1) is 5.92 Å². The molecular formula is C19H26N4O2. The third kappa shape index (κ3) is 3.79. The molecule has 25 heavy (non-hydrogen) atoms. The van der Waals surface area contributed by atoms with Crippen LogP contribution < -0.4 is 10.6 Å². The molecule has 134 valence electrons. The summed E-state index contributed by atoms with van der Waals surface area (Å²) < 4.78 is 7.76. The summed E-state index contributed by atoms with van der Waals surface area (Å²) in [6.45, 7) is 4.94. The zero-order chi connectivity index (χ0) is 17.4. The van der Waals surface area contributed by atoms with Crippen molar-refractivity contribution in [2.24, 2.45) is 5.92 Å². The van der Waals surface area contributed by atoms with E-state index < -0.39 is 0 Å². The van der Waals surface area contributed by atoms with Crippen molar-refractivity contribution in [3.05, 3.63) is 24.4 Å². The Balaban J connectivity index is 1.37. The van der Waals surface area contributed by atoms with E-state index in [1.165, 1.54) is 12.8 Å². The number of hydrogen-bond acceptors (Lipinski definition) is 3. The van der Waals surface area contributed by atoms with Crippen molar-refractivity contribution in [3.8, 4) is 0 Å². The topological polar surface area (TPSA) is 68.2 Å². The Bertz CT molecular complexity index is 766. The van der Waals surface area contributed by atoms with Crippen LogP contribution >= 0.6 is 0 Å². The van der Waals surface area contributed by atoms with Gasteiger partial charge >= 0.3 is 6.03 Å². The molecule has 2 N–H and O–H groups in total. The average molecular weight is 342 g/mol. The Hall–Kier alpha value is -2.08. The predicted octanol–water partition coefficient (Wildman–Crippen LogP) is 3.70. The molecule has 2 unspecified atom stereocenters. The lowest BCUT2D eigenvalue weighted by atomic mass is 10.0. The molecule has 6 nitrogen and oxygen atoms in total. The first-order valence-corrected chi connectivity index (χ1v) is 9.26. The maximum Gasteiger partial charge on any atom is 0.319 e. The molecule has 0 spiro atoms. The standard InChI is InChI=1S/C19H26N4O2/c1-12(2)23-11-14-9-15(5-6-17(14)22-23)20-19(24)21-16-7-8-25-18(10-16)13-3-4-13/h5-6,9,11-13,16,18H,3-4,7-8,10H2,1-2H3,(H2,20,21,24). The second-order valence-electron chi connectivity index (χ2n) is 7.54. The van der Waals surface area contributed by atoms with Crippen LogP contribution in [-0.2, 0) is 4.74 Å². The number of benzene rings is 1. The quantitative estimate of drug-likeness (QED) is 0.890. The summed E-state index contributed by atoms with van der Waals surface area (Å²) in [6.07, 6.45) is 6.70. The second kappa shape index (κ2) is 6.67. The first-order chi connectivity index (χ1) is 12.1. The van der Waals surface area contributed by atoms with Gasteiger partial charge in [-0.1, -0.05) is 0 Å². The van der Waals surface area contributed by atoms with Crippen LogP contribution in [0.2, 0.25) is 0 Å². The van der Waals surface area contributed by atoms with E-state index in [9.17, 15) is 4.79 Å². The fraction of sp³-hybridized carbons (Fsp3) is 0.579. The van der Waals surface area contributed by atoms with Crippen LogP contribution in [0.3, 0.4) is 0 Å². The van der Waals surface area contributed by atoms with E-state index in [2.05, 4.69) is 29.6 Å². The maximum atomic E-state index is 12.3. The Kier molecular flexibility index (Phi) is 4.37. The molecule has 2 heterocycles. The number of urea groups is 1. The minimum atomic E-state index is -0.142. The van der Waals surface area contributed by atoms with Crippen LogP contribution in [0.1, 0.15) is 45.6 Å². The number of amides is 2. The molecule has 0 bridgehead atoms. The molecule has 1 aliphatic carbocycles. The molecule has 2 fully saturated rings. The molecule has 0 radical (unpaired) electrons. The maximum absolute atomic E-state index is 12.3. The van der Waals surface area contributed by atoms with Crippen molar-refractivity contribution in [2.75, 3.05) is 11.9 Å². The lowest BCUT2D eigenvalue weighted by Gasteiger charge is -2.30. The number of carbonyl (C=O) groups is 1. The van der Waals surface area contributed by atoms with Crippen LogP contribution in [0.25, 0.3) is 10.9 Å². The Morgan fingerprint density at radius 1 is 1.32 bits per heavy atom. The zero-order valence-electron chi connectivity index (χ0n) is 14.9. The van der Waals surface area contributed by atoms with Crippen molar-refractivity contribution in [1.29, 1.82) is 0 Å². The number of ether oxygens (including phenoxy) is 1. The van der Waals surface area contributed by atoms with Crippen molar-refractivity contribution < 1.29 is 9.53 Å². The fourth-order valence-electron chi connectivity index (χ4n) is 3.50.